The van der Waals surface area contributed by atoms with Crippen molar-refractivity contribution in [1.29, 1.82) is 0 Å². The van der Waals surface area contributed by atoms with Crippen LogP contribution in [0, 0.1) is 34.5 Å². The van der Waals surface area contributed by atoms with Gasteiger partial charge in [-0.2, -0.15) is 0 Å². The predicted octanol–water partition coefficient (Wildman–Crippen LogP) is 9.27. The van der Waals surface area contributed by atoms with E-state index in [1.165, 1.54) is 20.8 Å². The van der Waals surface area contributed by atoms with Gasteiger partial charge in [-0.25, -0.2) is 9.13 Å². The van der Waals surface area contributed by atoms with Gasteiger partial charge in [0.1, 0.15) is 14.1 Å². The summed E-state index contributed by atoms with van der Waals surface area (Å²) in [5.41, 5.74) is 7.99. The van der Waals surface area contributed by atoms with Gasteiger partial charge in [-0.3, -0.25) is 0 Å². The molecular formula is C38H52N2+2. The van der Waals surface area contributed by atoms with Crippen LogP contribution in [-0.4, -0.2) is 0 Å². The van der Waals surface area contributed by atoms with E-state index in [1.54, 1.807) is 85.9 Å². The molecule has 0 N–H and O–H groups in total. The van der Waals surface area contributed by atoms with E-state index in [2.05, 4.69) is 0 Å². The first-order chi connectivity index (χ1) is 24.6. The lowest BCUT2D eigenvalue weighted by molar-refractivity contribution is -0.661. The highest BCUT2D eigenvalue weighted by molar-refractivity contribution is 5.64. The molecule has 4 rings (SSSR count). The number of pyridine rings is 2. The summed E-state index contributed by atoms with van der Waals surface area (Å²) in [4.78, 5) is 0. The molecule has 0 aliphatic rings. The Morgan fingerprint density at radius 3 is 1.50 bits per heavy atom. The van der Waals surface area contributed by atoms with Gasteiger partial charge in [0.15, 0.2) is 12.4 Å². The van der Waals surface area contributed by atoms with Crippen molar-refractivity contribution in [2.45, 2.75) is 93.6 Å². The summed E-state index contributed by atoms with van der Waals surface area (Å²) >= 11 is 0. The third kappa shape index (κ3) is 7.08. The van der Waals surface area contributed by atoms with Gasteiger partial charge in [0.2, 0.25) is 11.4 Å². The largest absolute Gasteiger partial charge is 0.212 e. The van der Waals surface area contributed by atoms with Gasteiger partial charge >= 0.3 is 0 Å². The minimum Gasteiger partial charge on any atom is -0.201 e. The Morgan fingerprint density at radius 2 is 1.05 bits per heavy atom. The summed E-state index contributed by atoms with van der Waals surface area (Å²) < 4.78 is 120. The number of hydrogen-bond donors (Lipinski definition) is 0. The molecule has 2 aromatic carbocycles. The van der Waals surface area contributed by atoms with E-state index in [9.17, 15) is 0 Å². The van der Waals surface area contributed by atoms with Gasteiger partial charge in [-0.1, -0.05) is 53.5 Å². The highest BCUT2D eigenvalue weighted by atomic mass is 14.9. The molecule has 3 atom stereocenters. The second-order valence-electron chi connectivity index (χ2n) is 10.7. The SMILES string of the molecule is [2H]C([2H])([2H])C([2H])(C)c1ccc(-c2cc(C)c(C([2H])(C)C([2H])([2H])[2H])cc2C)[n+](C)c1.[2H]C([2H])([2H])c1cc(C)c(-c2ccc(C([2H])(C)C([2H])([2H])[2H])c[n+]2C)cc1C. The fourth-order valence-corrected chi connectivity index (χ4v) is 4.81. The maximum Gasteiger partial charge on any atom is 0.212 e. The fourth-order valence-electron chi connectivity index (χ4n) is 4.81. The topological polar surface area (TPSA) is 7.76 Å². The molecule has 40 heavy (non-hydrogen) atoms. The van der Waals surface area contributed by atoms with Crippen LogP contribution >= 0.6 is 0 Å². The lowest BCUT2D eigenvalue weighted by Gasteiger charge is -2.14. The minimum absolute atomic E-state index is 0.333. The van der Waals surface area contributed by atoms with Crippen LogP contribution in [0.5, 0.6) is 0 Å². The number of aromatic nitrogens is 2. The number of nitrogens with zero attached hydrogens (tertiary/aromatic N) is 2. The van der Waals surface area contributed by atoms with Crippen LogP contribution in [0.4, 0.5) is 0 Å². The van der Waals surface area contributed by atoms with E-state index in [0.29, 0.717) is 33.4 Å². The summed E-state index contributed by atoms with van der Waals surface area (Å²) in [5.74, 6) is -5.16. The molecule has 0 aliphatic carbocycles. The van der Waals surface area contributed by atoms with Crippen molar-refractivity contribution in [2.75, 3.05) is 0 Å². The van der Waals surface area contributed by atoms with Crippen LogP contribution in [0.3, 0.4) is 0 Å². The highest BCUT2D eigenvalue weighted by Crippen LogP contribution is 2.29. The molecule has 3 unspecified atom stereocenters. The van der Waals surface area contributed by atoms with Crippen molar-refractivity contribution >= 4 is 0 Å². The van der Waals surface area contributed by atoms with Crippen LogP contribution in [0.2, 0.25) is 0 Å². The molecule has 2 heterocycles. The Kier molecular flexibility index (Phi) is 5.26. The summed E-state index contributed by atoms with van der Waals surface area (Å²) in [5, 5.41) is 0. The molecule has 0 aliphatic heterocycles. The summed E-state index contributed by atoms with van der Waals surface area (Å²) in [7, 11) is 3.58. The first kappa shape index (κ1) is 16.2. The van der Waals surface area contributed by atoms with Crippen molar-refractivity contribution in [3.8, 4) is 22.5 Å². The molecular weight excluding hydrogens is 484 g/mol. The van der Waals surface area contributed by atoms with Crippen molar-refractivity contribution in [2.24, 2.45) is 14.1 Å². The average Bonchev–Trinajstić information content (AvgIpc) is 3.01. The highest BCUT2D eigenvalue weighted by Gasteiger charge is 2.17. The van der Waals surface area contributed by atoms with Crippen molar-refractivity contribution in [3.05, 3.63) is 105 Å². The zero-order valence-corrected chi connectivity index (χ0v) is 25.2. The molecule has 2 heteroatoms. The maximum atomic E-state index is 8.39. The number of aryl methyl sites for hydroxylation is 7. The van der Waals surface area contributed by atoms with Crippen LogP contribution in [0.1, 0.15) is 124 Å². The van der Waals surface area contributed by atoms with Gasteiger partial charge in [0.25, 0.3) is 0 Å². The quantitative estimate of drug-likeness (QED) is 0.218. The molecule has 0 radical (unpaired) electrons. The molecule has 0 saturated heterocycles. The smallest absolute Gasteiger partial charge is 0.201 e. The van der Waals surface area contributed by atoms with Gasteiger partial charge in [-0.05, 0) is 110 Å². The molecule has 4 aromatic rings. The molecule has 0 spiro atoms. The maximum absolute atomic E-state index is 8.39. The van der Waals surface area contributed by atoms with Crippen molar-refractivity contribution in [1.82, 2.24) is 0 Å². The standard InChI is InChI=1S/C20H28N.C18H24N/c1-13(2)17-8-9-20(21(7)12-17)19-11-15(5)18(14(3)4)10-16(19)6;1-12(2)16-7-8-18(19(6)11-16)17-10-14(4)13(3)9-15(17)5/h8-14H,1-7H3;7-12H,1-6H3/q2*+1/i1D3,3D3,13D,14D;1D3,3D3,12D. The molecule has 0 bridgehead atoms. The first-order valence-corrected chi connectivity index (χ1v) is 13.3. The molecule has 0 amide bonds. The number of benzene rings is 2. The summed E-state index contributed by atoms with van der Waals surface area (Å²) in [6.45, 7) is 1.94. The minimum atomic E-state index is -2.45. The zero-order valence-electron chi connectivity index (χ0n) is 40.2. The van der Waals surface area contributed by atoms with E-state index in [0.717, 1.165) is 33.6 Å². The van der Waals surface area contributed by atoms with E-state index >= 15 is 0 Å². The van der Waals surface area contributed by atoms with E-state index in [1.807, 2.05) is 26.0 Å². The molecule has 2 nitrogen and oxygen atoms in total. The van der Waals surface area contributed by atoms with Gasteiger partial charge in [-0.15, -0.1) is 0 Å². The molecule has 0 fully saturated rings. The second-order valence-corrected chi connectivity index (χ2v) is 10.7. The van der Waals surface area contributed by atoms with Crippen molar-refractivity contribution < 1.29 is 29.7 Å². The third-order valence-electron chi connectivity index (χ3n) is 7.23. The number of rotatable bonds is 5. The predicted molar refractivity (Wildman–Crippen MR) is 172 cm³/mol. The lowest BCUT2D eigenvalue weighted by Crippen LogP contribution is -2.31. The van der Waals surface area contributed by atoms with Crippen LogP contribution in [0.15, 0.2) is 60.9 Å². The normalized spacial score (nSPS) is 22.5. The van der Waals surface area contributed by atoms with Crippen LogP contribution < -0.4 is 9.13 Å². The van der Waals surface area contributed by atoms with Crippen LogP contribution in [0.25, 0.3) is 22.5 Å². The molecule has 2 aromatic heterocycles. The monoisotopic (exact) mass is 552 g/mol. The van der Waals surface area contributed by atoms with E-state index in [-0.39, 0.29) is 0 Å². The molecule has 212 valence electrons. The zero-order chi connectivity index (χ0) is 42.7. The Labute approximate surface area is 265 Å². The Hall–Kier alpha value is -3.26. The molecule has 0 saturated carbocycles. The lowest BCUT2D eigenvalue weighted by atomic mass is 9.91. The van der Waals surface area contributed by atoms with Gasteiger partial charge < -0.3 is 0 Å². The van der Waals surface area contributed by atoms with E-state index < -0.39 is 45.1 Å². The second kappa shape index (κ2) is 12.9. The Morgan fingerprint density at radius 1 is 0.575 bits per heavy atom. The summed E-state index contributed by atoms with van der Waals surface area (Å²) in [6.07, 6.45) is 3.30. The average molecular weight is 552 g/mol. The first-order valence-electron chi connectivity index (χ1n) is 20.8. The fraction of sp³-hybridized carbons (Fsp3) is 0.421. The van der Waals surface area contributed by atoms with Gasteiger partial charge in [0.05, 0.1) is 0 Å². The van der Waals surface area contributed by atoms with Crippen molar-refractivity contribution in [3.63, 3.8) is 0 Å². The van der Waals surface area contributed by atoms with Crippen LogP contribution in [-0.2, 0) is 14.1 Å². The third-order valence-corrected chi connectivity index (χ3v) is 7.23. The number of hydrogen-bond acceptors (Lipinski definition) is 0. The van der Waals surface area contributed by atoms with E-state index in [4.69, 9.17) is 20.6 Å². The summed E-state index contributed by atoms with van der Waals surface area (Å²) in [6, 6.07) is 14.0. The Balaban J connectivity index is 0.000000297. The van der Waals surface area contributed by atoms with Gasteiger partial charge in [0, 0.05) is 54.9 Å². The Bertz CT molecular complexity index is 2050.